The van der Waals surface area contributed by atoms with Crippen LogP contribution in [0.2, 0.25) is 0 Å². The van der Waals surface area contributed by atoms with Gasteiger partial charge in [0, 0.05) is 31.2 Å². The minimum absolute atomic E-state index is 0.408. The predicted octanol–water partition coefficient (Wildman–Crippen LogP) is 1.39. The summed E-state index contributed by atoms with van der Waals surface area (Å²) in [7, 11) is 1.73. The Labute approximate surface area is 115 Å². The molecule has 19 heavy (non-hydrogen) atoms. The Kier molecular flexibility index (Phi) is 5.19. The molecule has 2 N–H and O–H groups in total. The molecule has 0 aliphatic carbocycles. The van der Waals surface area contributed by atoms with Crippen LogP contribution in [-0.4, -0.2) is 39.5 Å². The molecule has 1 aromatic carbocycles. The summed E-state index contributed by atoms with van der Waals surface area (Å²) in [6.45, 7) is 8.50. The maximum atomic E-state index is 5.49. The molecule has 0 radical (unpaired) electrons. The van der Waals surface area contributed by atoms with E-state index in [1.807, 2.05) is 0 Å². The Morgan fingerprint density at radius 3 is 2.95 bits per heavy atom. The van der Waals surface area contributed by atoms with E-state index in [1.165, 1.54) is 16.7 Å². The third-order valence-electron chi connectivity index (χ3n) is 3.40. The Morgan fingerprint density at radius 2 is 2.26 bits per heavy atom. The maximum Gasteiger partial charge on any atom is 0.126 e. The summed E-state index contributed by atoms with van der Waals surface area (Å²) in [6.07, 6.45) is 0. The molecule has 1 heterocycles. The number of ether oxygens (including phenoxy) is 2. The van der Waals surface area contributed by atoms with E-state index in [4.69, 9.17) is 9.47 Å². The van der Waals surface area contributed by atoms with Crippen LogP contribution in [0.4, 0.5) is 0 Å². The van der Waals surface area contributed by atoms with Crippen LogP contribution in [0.15, 0.2) is 12.1 Å². The van der Waals surface area contributed by atoms with Crippen molar-refractivity contribution in [2.24, 2.45) is 0 Å². The summed E-state index contributed by atoms with van der Waals surface area (Å²) in [4.78, 5) is 0. The van der Waals surface area contributed by atoms with Gasteiger partial charge in [-0.05, 0) is 19.4 Å². The summed E-state index contributed by atoms with van der Waals surface area (Å²) < 4.78 is 10.9. The molecule has 1 saturated heterocycles. The van der Waals surface area contributed by atoms with Crippen molar-refractivity contribution in [3.05, 3.63) is 28.8 Å². The average Bonchev–Trinajstić information content (AvgIpc) is 2.39. The number of aryl methyl sites for hydroxylation is 2. The third kappa shape index (κ3) is 3.93. The quantitative estimate of drug-likeness (QED) is 0.843. The predicted molar refractivity (Wildman–Crippen MR) is 76.8 cm³/mol. The van der Waals surface area contributed by atoms with Crippen LogP contribution < -0.4 is 15.4 Å². The van der Waals surface area contributed by atoms with Gasteiger partial charge in [-0.3, -0.25) is 0 Å². The van der Waals surface area contributed by atoms with Crippen molar-refractivity contribution in [2.75, 3.05) is 33.4 Å². The van der Waals surface area contributed by atoms with Crippen molar-refractivity contribution in [2.45, 2.75) is 26.4 Å². The molecular weight excluding hydrogens is 240 g/mol. The molecule has 1 aromatic rings. The first kappa shape index (κ1) is 14.3. The standard InChI is InChI=1S/C15H24N2O2/c1-11-6-12(2)15(18-3)13(7-11)8-16-9-14-10-19-5-4-17-14/h6-7,14,16-17H,4-5,8-10H2,1-3H3. The van der Waals surface area contributed by atoms with Gasteiger partial charge in [-0.1, -0.05) is 17.7 Å². The third-order valence-corrected chi connectivity index (χ3v) is 3.40. The molecular formula is C15H24N2O2. The Hall–Kier alpha value is -1.10. The number of nitrogens with one attached hydrogen (secondary N) is 2. The van der Waals surface area contributed by atoms with E-state index in [9.17, 15) is 0 Å². The first-order valence-corrected chi connectivity index (χ1v) is 6.86. The highest BCUT2D eigenvalue weighted by atomic mass is 16.5. The van der Waals surface area contributed by atoms with Crippen LogP contribution in [0.5, 0.6) is 5.75 Å². The van der Waals surface area contributed by atoms with E-state index in [-0.39, 0.29) is 0 Å². The summed E-state index contributed by atoms with van der Waals surface area (Å²) in [5, 5.41) is 6.92. The van der Waals surface area contributed by atoms with E-state index in [0.29, 0.717) is 6.04 Å². The zero-order chi connectivity index (χ0) is 13.7. The highest BCUT2D eigenvalue weighted by Crippen LogP contribution is 2.24. The Bertz CT molecular complexity index is 415. The highest BCUT2D eigenvalue weighted by Gasteiger charge is 2.13. The first-order valence-electron chi connectivity index (χ1n) is 6.86. The van der Waals surface area contributed by atoms with Crippen molar-refractivity contribution in [3.8, 4) is 5.75 Å². The molecule has 0 saturated carbocycles. The van der Waals surface area contributed by atoms with Crippen molar-refractivity contribution in [1.29, 1.82) is 0 Å². The lowest BCUT2D eigenvalue weighted by molar-refractivity contribution is 0.0766. The fourth-order valence-corrected chi connectivity index (χ4v) is 2.60. The second-order valence-corrected chi connectivity index (χ2v) is 5.13. The van der Waals surface area contributed by atoms with Crippen LogP contribution in [0.1, 0.15) is 16.7 Å². The SMILES string of the molecule is COc1c(C)cc(C)cc1CNCC1COCCN1. The monoisotopic (exact) mass is 264 g/mol. The lowest BCUT2D eigenvalue weighted by atomic mass is 10.1. The van der Waals surface area contributed by atoms with E-state index >= 15 is 0 Å². The van der Waals surface area contributed by atoms with Crippen molar-refractivity contribution >= 4 is 0 Å². The zero-order valence-electron chi connectivity index (χ0n) is 12.1. The van der Waals surface area contributed by atoms with Gasteiger partial charge < -0.3 is 20.1 Å². The summed E-state index contributed by atoms with van der Waals surface area (Å²) in [5.41, 5.74) is 3.68. The molecule has 4 nitrogen and oxygen atoms in total. The second-order valence-electron chi connectivity index (χ2n) is 5.13. The van der Waals surface area contributed by atoms with Gasteiger partial charge in [-0.15, -0.1) is 0 Å². The van der Waals surface area contributed by atoms with E-state index < -0.39 is 0 Å². The molecule has 1 fully saturated rings. The molecule has 1 atom stereocenters. The van der Waals surface area contributed by atoms with Crippen LogP contribution in [-0.2, 0) is 11.3 Å². The van der Waals surface area contributed by atoms with E-state index in [2.05, 4.69) is 36.6 Å². The van der Waals surface area contributed by atoms with Gasteiger partial charge in [0.15, 0.2) is 0 Å². The average molecular weight is 264 g/mol. The molecule has 0 spiro atoms. The number of hydrogen-bond donors (Lipinski definition) is 2. The van der Waals surface area contributed by atoms with Crippen LogP contribution in [0, 0.1) is 13.8 Å². The first-order chi connectivity index (χ1) is 9.20. The largest absolute Gasteiger partial charge is 0.496 e. The molecule has 106 valence electrons. The fraction of sp³-hybridized carbons (Fsp3) is 0.600. The summed E-state index contributed by atoms with van der Waals surface area (Å²) in [5.74, 6) is 0.992. The van der Waals surface area contributed by atoms with Gasteiger partial charge in [0.25, 0.3) is 0 Å². The number of morpholine rings is 1. The Morgan fingerprint density at radius 1 is 1.42 bits per heavy atom. The van der Waals surface area contributed by atoms with Gasteiger partial charge in [-0.2, -0.15) is 0 Å². The number of rotatable bonds is 5. The number of benzene rings is 1. The van der Waals surface area contributed by atoms with Gasteiger partial charge in [-0.25, -0.2) is 0 Å². The maximum absolute atomic E-state index is 5.49. The van der Waals surface area contributed by atoms with Crippen LogP contribution >= 0.6 is 0 Å². The minimum Gasteiger partial charge on any atom is -0.496 e. The molecule has 0 amide bonds. The smallest absolute Gasteiger partial charge is 0.126 e. The van der Waals surface area contributed by atoms with Gasteiger partial charge >= 0.3 is 0 Å². The van der Waals surface area contributed by atoms with Crippen molar-refractivity contribution in [3.63, 3.8) is 0 Å². The zero-order valence-corrected chi connectivity index (χ0v) is 12.1. The summed E-state index contributed by atoms with van der Waals surface area (Å²) in [6, 6.07) is 4.74. The topological polar surface area (TPSA) is 42.5 Å². The molecule has 1 aliphatic heterocycles. The molecule has 1 unspecified atom stereocenters. The highest BCUT2D eigenvalue weighted by molar-refractivity contribution is 5.43. The van der Waals surface area contributed by atoms with Crippen LogP contribution in [0.25, 0.3) is 0 Å². The normalized spacial score (nSPS) is 19.4. The lowest BCUT2D eigenvalue weighted by Crippen LogP contribution is -2.47. The lowest BCUT2D eigenvalue weighted by Gasteiger charge is -2.24. The molecule has 0 bridgehead atoms. The molecule has 2 rings (SSSR count). The molecule has 1 aliphatic rings. The van der Waals surface area contributed by atoms with E-state index in [1.54, 1.807) is 7.11 Å². The van der Waals surface area contributed by atoms with Gasteiger partial charge in [0.1, 0.15) is 5.75 Å². The van der Waals surface area contributed by atoms with Gasteiger partial charge in [0.05, 0.1) is 20.3 Å². The van der Waals surface area contributed by atoms with Crippen molar-refractivity contribution < 1.29 is 9.47 Å². The number of hydrogen-bond acceptors (Lipinski definition) is 4. The van der Waals surface area contributed by atoms with Crippen molar-refractivity contribution in [1.82, 2.24) is 10.6 Å². The second kappa shape index (κ2) is 6.89. The minimum atomic E-state index is 0.408. The van der Waals surface area contributed by atoms with E-state index in [0.717, 1.165) is 38.6 Å². The summed E-state index contributed by atoms with van der Waals surface area (Å²) >= 11 is 0. The Balaban J connectivity index is 1.91. The van der Waals surface area contributed by atoms with Gasteiger partial charge in [0.2, 0.25) is 0 Å². The van der Waals surface area contributed by atoms with Crippen LogP contribution in [0.3, 0.4) is 0 Å². The fourth-order valence-electron chi connectivity index (χ4n) is 2.60. The molecule has 0 aromatic heterocycles. The molecule has 4 heteroatoms. The number of methoxy groups -OCH3 is 1.